The second-order valence-corrected chi connectivity index (χ2v) is 7.68. The van der Waals surface area contributed by atoms with Gasteiger partial charge in [-0.1, -0.05) is 28.2 Å². The summed E-state index contributed by atoms with van der Waals surface area (Å²) in [6.07, 6.45) is 2.54. The van der Waals surface area contributed by atoms with E-state index in [1.54, 1.807) is 24.4 Å². The topological polar surface area (TPSA) is 67.8 Å². The van der Waals surface area contributed by atoms with E-state index in [1.165, 1.54) is 22.9 Å². The van der Waals surface area contributed by atoms with E-state index in [1.807, 2.05) is 24.3 Å². The molecule has 0 saturated heterocycles. The van der Waals surface area contributed by atoms with Crippen LogP contribution in [0, 0.1) is 0 Å². The Bertz CT molecular complexity index is 1040. The van der Waals surface area contributed by atoms with Crippen molar-refractivity contribution >= 4 is 55.7 Å². The van der Waals surface area contributed by atoms with Crippen molar-refractivity contribution in [2.45, 2.75) is 6.42 Å². The Morgan fingerprint density at radius 1 is 1.16 bits per heavy atom. The third kappa shape index (κ3) is 3.68. The first kappa shape index (κ1) is 16.1. The number of aromatic nitrogens is 3. The fourth-order valence-electron chi connectivity index (χ4n) is 2.34. The summed E-state index contributed by atoms with van der Waals surface area (Å²) < 4.78 is 4.76. The first-order chi connectivity index (χ1) is 12.2. The number of rotatable bonds is 4. The fourth-order valence-corrected chi connectivity index (χ4v) is 3.91. The second-order valence-electron chi connectivity index (χ2n) is 5.34. The Morgan fingerprint density at radius 3 is 2.84 bits per heavy atom. The minimum atomic E-state index is -0.192. The van der Waals surface area contributed by atoms with Crippen molar-refractivity contribution in [3.05, 3.63) is 69.7 Å². The van der Waals surface area contributed by atoms with Crippen LogP contribution < -0.4 is 5.32 Å². The zero-order chi connectivity index (χ0) is 17.2. The maximum atomic E-state index is 12.4. The summed E-state index contributed by atoms with van der Waals surface area (Å²) in [7, 11) is 0. The molecule has 2 aromatic heterocycles. The molecule has 0 fully saturated rings. The van der Waals surface area contributed by atoms with E-state index in [2.05, 4.69) is 19.9 Å². The molecule has 4 aromatic rings. The van der Waals surface area contributed by atoms with Crippen LogP contribution in [-0.2, 0) is 6.42 Å². The van der Waals surface area contributed by atoms with Gasteiger partial charge < -0.3 is 0 Å². The number of carbonyl (C=O) groups excluding carboxylic acids is 1. The van der Waals surface area contributed by atoms with Crippen LogP contribution in [0.3, 0.4) is 0 Å². The molecule has 0 spiro atoms. The maximum absolute atomic E-state index is 12.4. The molecule has 1 amide bonds. The quantitative estimate of drug-likeness (QED) is 0.554. The standard InChI is InChI=1S/C17H11ClN4OS2/c18-12-4-1-10(2-5-12)7-13-9-19-17(24-13)20-16(23)11-3-6-14-15(8-11)25-22-21-14/h1-6,8-9H,7H2,(H,19,20,23). The molecule has 0 aliphatic heterocycles. The molecule has 0 saturated carbocycles. The van der Waals surface area contributed by atoms with Crippen molar-refractivity contribution in [1.82, 2.24) is 14.6 Å². The molecule has 0 unspecified atom stereocenters. The molecule has 2 heterocycles. The number of thiazole rings is 1. The average molecular weight is 387 g/mol. The molecule has 4 rings (SSSR count). The number of nitrogens with one attached hydrogen (secondary N) is 1. The van der Waals surface area contributed by atoms with E-state index in [0.29, 0.717) is 15.7 Å². The zero-order valence-corrected chi connectivity index (χ0v) is 15.2. The lowest BCUT2D eigenvalue weighted by molar-refractivity contribution is 0.102. The fraction of sp³-hybridized carbons (Fsp3) is 0.0588. The largest absolute Gasteiger partial charge is 0.298 e. The Balaban J connectivity index is 1.46. The van der Waals surface area contributed by atoms with Crippen molar-refractivity contribution < 1.29 is 4.79 Å². The van der Waals surface area contributed by atoms with Gasteiger partial charge in [0.1, 0.15) is 5.52 Å². The number of halogens is 1. The highest BCUT2D eigenvalue weighted by Gasteiger charge is 2.11. The van der Waals surface area contributed by atoms with E-state index in [4.69, 9.17) is 11.6 Å². The molecule has 0 aliphatic carbocycles. The Hall–Kier alpha value is -2.35. The van der Waals surface area contributed by atoms with E-state index >= 15 is 0 Å². The highest BCUT2D eigenvalue weighted by Crippen LogP contribution is 2.23. The number of benzene rings is 2. The first-order valence-corrected chi connectivity index (χ1v) is 9.37. The molecule has 0 aliphatic rings. The molecular formula is C17H11ClN4OS2. The highest BCUT2D eigenvalue weighted by molar-refractivity contribution is 7.15. The van der Waals surface area contributed by atoms with Crippen LogP contribution in [0.25, 0.3) is 10.2 Å². The van der Waals surface area contributed by atoms with Crippen LogP contribution in [0.4, 0.5) is 5.13 Å². The van der Waals surface area contributed by atoms with Gasteiger partial charge in [0.25, 0.3) is 5.91 Å². The van der Waals surface area contributed by atoms with Crippen molar-refractivity contribution in [2.75, 3.05) is 5.32 Å². The van der Waals surface area contributed by atoms with Gasteiger partial charge in [-0.2, -0.15) is 0 Å². The van der Waals surface area contributed by atoms with Gasteiger partial charge in [0.05, 0.1) is 4.70 Å². The minimum Gasteiger partial charge on any atom is -0.298 e. The number of amides is 1. The highest BCUT2D eigenvalue weighted by atomic mass is 35.5. The number of hydrogen-bond acceptors (Lipinski definition) is 6. The van der Waals surface area contributed by atoms with E-state index < -0.39 is 0 Å². The Kier molecular flexibility index (Phi) is 4.44. The Labute approximate surface area is 156 Å². The lowest BCUT2D eigenvalue weighted by Crippen LogP contribution is -2.11. The average Bonchev–Trinajstić information content (AvgIpc) is 3.25. The number of carbonyl (C=O) groups is 1. The van der Waals surface area contributed by atoms with Crippen LogP contribution in [0.15, 0.2) is 48.7 Å². The lowest BCUT2D eigenvalue weighted by Gasteiger charge is -2.01. The molecule has 0 atom stereocenters. The molecule has 2 aromatic carbocycles. The van der Waals surface area contributed by atoms with Gasteiger partial charge in [0.15, 0.2) is 5.13 Å². The van der Waals surface area contributed by atoms with Crippen LogP contribution in [0.5, 0.6) is 0 Å². The van der Waals surface area contributed by atoms with E-state index in [9.17, 15) is 4.79 Å². The van der Waals surface area contributed by atoms with Gasteiger partial charge in [-0.05, 0) is 47.4 Å². The predicted molar refractivity (Wildman–Crippen MR) is 102 cm³/mol. The number of hydrogen-bond donors (Lipinski definition) is 1. The molecule has 25 heavy (non-hydrogen) atoms. The molecule has 1 N–H and O–H groups in total. The third-order valence-corrected chi connectivity index (χ3v) is 5.43. The molecule has 0 radical (unpaired) electrons. The van der Waals surface area contributed by atoms with Crippen molar-refractivity contribution in [2.24, 2.45) is 0 Å². The summed E-state index contributed by atoms with van der Waals surface area (Å²) in [5, 5.41) is 8.11. The summed E-state index contributed by atoms with van der Waals surface area (Å²) in [4.78, 5) is 17.7. The van der Waals surface area contributed by atoms with Crippen LogP contribution in [0.2, 0.25) is 5.02 Å². The summed E-state index contributed by atoms with van der Waals surface area (Å²) in [5.41, 5.74) is 2.50. The Morgan fingerprint density at radius 2 is 2.00 bits per heavy atom. The summed E-state index contributed by atoms with van der Waals surface area (Å²) in [5.74, 6) is -0.192. The third-order valence-electron chi connectivity index (χ3n) is 3.58. The van der Waals surface area contributed by atoms with Gasteiger partial charge in [0, 0.05) is 28.1 Å². The second kappa shape index (κ2) is 6.87. The normalized spacial score (nSPS) is 10.9. The number of anilines is 1. The van der Waals surface area contributed by atoms with Gasteiger partial charge in [-0.15, -0.1) is 16.4 Å². The van der Waals surface area contributed by atoms with Gasteiger partial charge in [-0.3, -0.25) is 10.1 Å². The predicted octanol–water partition coefficient (Wildman–Crippen LogP) is 4.64. The summed E-state index contributed by atoms with van der Waals surface area (Å²) >= 11 is 8.63. The van der Waals surface area contributed by atoms with Crippen molar-refractivity contribution in [3.63, 3.8) is 0 Å². The molecule has 8 heteroatoms. The number of nitrogens with zero attached hydrogens (tertiary/aromatic N) is 3. The molecule has 124 valence electrons. The minimum absolute atomic E-state index is 0.192. The monoisotopic (exact) mass is 386 g/mol. The van der Waals surface area contributed by atoms with Gasteiger partial charge in [-0.25, -0.2) is 4.98 Å². The first-order valence-electron chi connectivity index (χ1n) is 7.40. The van der Waals surface area contributed by atoms with E-state index in [-0.39, 0.29) is 5.91 Å². The van der Waals surface area contributed by atoms with Crippen molar-refractivity contribution in [3.8, 4) is 0 Å². The van der Waals surface area contributed by atoms with Crippen LogP contribution >= 0.6 is 34.5 Å². The molecule has 0 bridgehead atoms. The number of fused-ring (bicyclic) bond motifs is 1. The summed E-state index contributed by atoms with van der Waals surface area (Å²) in [6, 6.07) is 13.0. The maximum Gasteiger partial charge on any atom is 0.257 e. The van der Waals surface area contributed by atoms with Gasteiger partial charge >= 0.3 is 0 Å². The van der Waals surface area contributed by atoms with Gasteiger partial charge in [0.2, 0.25) is 0 Å². The lowest BCUT2D eigenvalue weighted by atomic mass is 10.1. The van der Waals surface area contributed by atoms with Crippen LogP contribution in [-0.4, -0.2) is 20.5 Å². The molecule has 5 nitrogen and oxygen atoms in total. The summed E-state index contributed by atoms with van der Waals surface area (Å²) in [6.45, 7) is 0. The van der Waals surface area contributed by atoms with Crippen LogP contribution in [0.1, 0.15) is 20.8 Å². The smallest absolute Gasteiger partial charge is 0.257 e. The van der Waals surface area contributed by atoms with E-state index in [0.717, 1.165) is 27.1 Å². The SMILES string of the molecule is O=C(Nc1ncc(Cc2ccc(Cl)cc2)s1)c1ccc2nnsc2c1. The zero-order valence-electron chi connectivity index (χ0n) is 12.8. The molecular weight excluding hydrogens is 376 g/mol. The van der Waals surface area contributed by atoms with Crippen molar-refractivity contribution in [1.29, 1.82) is 0 Å².